The molecule has 4 rings (SSSR count). The van der Waals surface area contributed by atoms with Crippen LogP contribution in [0, 0.1) is 0 Å². The van der Waals surface area contributed by atoms with Crippen molar-refractivity contribution >= 4 is 33.0 Å². The summed E-state index contributed by atoms with van der Waals surface area (Å²) >= 11 is 1.55. The number of aromatic nitrogens is 1. The van der Waals surface area contributed by atoms with E-state index in [2.05, 4.69) is 10.3 Å². The van der Waals surface area contributed by atoms with E-state index in [1.165, 1.54) is 10.4 Å². The molecule has 0 atom stereocenters. The molecular formula is C22H23N3O3S2. The van der Waals surface area contributed by atoms with Crippen LogP contribution in [0.1, 0.15) is 36.0 Å². The van der Waals surface area contributed by atoms with Gasteiger partial charge in [-0.05, 0) is 55.3 Å². The van der Waals surface area contributed by atoms with E-state index in [1.807, 2.05) is 29.6 Å². The minimum atomic E-state index is -3.60. The number of amides is 1. The number of thiazole rings is 1. The van der Waals surface area contributed by atoms with E-state index in [1.54, 1.807) is 35.7 Å². The third kappa shape index (κ3) is 4.61. The van der Waals surface area contributed by atoms with Crippen LogP contribution in [0.25, 0.3) is 10.6 Å². The van der Waals surface area contributed by atoms with E-state index >= 15 is 0 Å². The van der Waals surface area contributed by atoms with Gasteiger partial charge in [-0.3, -0.25) is 4.79 Å². The molecule has 156 valence electrons. The SMILES string of the molecule is O=C(Nc1ccc(-c2nccs2)cc1)c1cccc(S(=O)(=O)N2CCCCCC2)c1. The van der Waals surface area contributed by atoms with Crippen LogP contribution in [0.5, 0.6) is 0 Å². The zero-order chi connectivity index (χ0) is 21.0. The first kappa shape index (κ1) is 20.7. The highest BCUT2D eigenvalue weighted by molar-refractivity contribution is 7.89. The lowest BCUT2D eigenvalue weighted by Gasteiger charge is -2.20. The molecule has 8 heteroatoms. The first-order valence-corrected chi connectivity index (χ1v) is 12.3. The number of anilines is 1. The third-order valence-electron chi connectivity index (χ3n) is 5.12. The largest absolute Gasteiger partial charge is 0.322 e. The number of carbonyl (C=O) groups excluding carboxylic acids is 1. The van der Waals surface area contributed by atoms with Crippen molar-refractivity contribution in [1.29, 1.82) is 0 Å². The molecule has 1 aliphatic heterocycles. The van der Waals surface area contributed by atoms with E-state index in [-0.39, 0.29) is 10.8 Å². The topological polar surface area (TPSA) is 79.4 Å². The average molecular weight is 442 g/mol. The average Bonchev–Trinajstić information content (AvgIpc) is 3.16. The highest BCUT2D eigenvalue weighted by Gasteiger charge is 2.25. The Labute approximate surface area is 180 Å². The lowest BCUT2D eigenvalue weighted by molar-refractivity contribution is 0.102. The molecule has 0 saturated carbocycles. The van der Waals surface area contributed by atoms with Gasteiger partial charge < -0.3 is 5.32 Å². The van der Waals surface area contributed by atoms with Gasteiger partial charge in [0.1, 0.15) is 5.01 Å². The van der Waals surface area contributed by atoms with Crippen LogP contribution in [0.2, 0.25) is 0 Å². The van der Waals surface area contributed by atoms with Crippen molar-refractivity contribution in [3.8, 4) is 10.6 Å². The summed E-state index contributed by atoms with van der Waals surface area (Å²) in [5.41, 5.74) is 1.93. The van der Waals surface area contributed by atoms with E-state index in [0.717, 1.165) is 36.3 Å². The van der Waals surface area contributed by atoms with Crippen molar-refractivity contribution in [2.75, 3.05) is 18.4 Å². The molecule has 0 aliphatic carbocycles. The Balaban J connectivity index is 1.50. The van der Waals surface area contributed by atoms with E-state index < -0.39 is 10.0 Å². The summed E-state index contributed by atoms with van der Waals surface area (Å²) in [6.07, 6.45) is 5.60. The summed E-state index contributed by atoms with van der Waals surface area (Å²) in [5, 5.41) is 5.66. The van der Waals surface area contributed by atoms with Gasteiger partial charge in [-0.25, -0.2) is 13.4 Å². The van der Waals surface area contributed by atoms with Crippen LogP contribution in [-0.2, 0) is 10.0 Å². The number of benzene rings is 2. The molecule has 1 aliphatic rings. The monoisotopic (exact) mass is 441 g/mol. The van der Waals surface area contributed by atoms with Gasteiger partial charge in [-0.15, -0.1) is 11.3 Å². The van der Waals surface area contributed by atoms with Gasteiger partial charge >= 0.3 is 0 Å². The molecule has 1 saturated heterocycles. The zero-order valence-electron chi connectivity index (χ0n) is 16.5. The smallest absolute Gasteiger partial charge is 0.255 e. The van der Waals surface area contributed by atoms with Gasteiger partial charge in [0.15, 0.2) is 0 Å². The van der Waals surface area contributed by atoms with Crippen molar-refractivity contribution in [2.45, 2.75) is 30.6 Å². The van der Waals surface area contributed by atoms with Crippen LogP contribution in [-0.4, -0.2) is 36.7 Å². The molecule has 1 amide bonds. The molecule has 0 unspecified atom stereocenters. The summed E-state index contributed by atoms with van der Waals surface area (Å²) in [6, 6.07) is 13.7. The quantitative estimate of drug-likeness (QED) is 0.626. The van der Waals surface area contributed by atoms with Crippen molar-refractivity contribution in [3.05, 3.63) is 65.7 Å². The maximum Gasteiger partial charge on any atom is 0.255 e. The number of rotatable bonds is 5. The standard InChI is InChI=1S/C22H23N3O3S2/c26-21(24-19-10-8-17(9-11-19)22-23-12-15-29-22)18-6-5-7-20(16-18)30(27,28)25-13-3-1-2-4-14-25/h5-12,15-16H,1-4,13-14H2,(H,24,26). The third-order valence-corrected chi connectivity index (χ3v) is 7.84. The van der Waals surface area contributed by atoms with Crippen LogP contribution in [0.3, 0.4) is 0 Å². The summed E-state index contributed by atoms with van der Waals surface area (Å²) < 4.78 is 27.6. The summed E-state index contributed by atoms with van der Waals surface area (Å²) in [5.74, 6) is -0.343. The van der Waals surface area contributed by atoms with Crippen LogP contribution < -0.4 is 5.32 Å². The van der Waals surface area contributed by atoms with Crippen LogP contribution in [0.15, 0.2) is 65.0 Å². The van der Waals surface area contributed by atoms with Crippen LogP contribution in [0.4, 0.5) is 5.69 Å². The van der Waals surface area contributed by atoms with Crippen molar-refractivity contribution in [3.63, 3.8) is 0 Å². The number of nitrogens with zero attached hydrogens (tertiary/aromatic N) is 2. The Morgan fingerprint density at radius 2 is 1.73 bits per heavy atom. The summed E-state index contributed by atoms with van der Waals surface area (Å²) in [4.78, 5) is 17.1. The molecule has 2 heterocycles. The van der Waals surface area contributed by atoms with Gasteiger partial charge in [0.25, 0.3) is 5.91 Å². The second-order valence-corrected chi connectivity index (χ2v) is 10.0. The van der Waals surface area contributed by atoms with E-state index in [0.29, 0.717) is 24.3 Å². The minimum Gasteiger partial charge on any atom is -0.322 e. The maximum absolute atomic E-state index is 13.0. The molecule has 0 radical (unpaired) electrons. The highest BCUT2D eigenvalue weighted by Crippen LogP contribution is 2.24. The highest BCUT2D eigenvalue weighted by atomic mass is 32.2. The molecule has 0 bridgehead atoms. The molecule has 1 fully saturated rings. The molecule has 30 heavy (non-hydrogen) atoms. The normalized spacial score (nSPS) is 15.5. The Kier molecular flexibility index (Phi) is 6.26. The second-order valence-electron chi connectivity index (χ2n) is 7.21. The van der Waals surface area contributed by atoms with Gasteiger partial charge in [0.05, 0.1) is 4.90 Å². The maximum atomic E-state index is 13.0. The zero-order valence-corrected chi connectivity index (χ0v) is 18.1. The lowest BCUT2D eigenvalue weighted by atomic mass is 10.2. The molecule has 6 nitrogen and oxygen atoms in total. The minimum absolute atomic E-state index is 0.163. The van der Waals surface area contributed by atoms with Gasteiger partial charge in [0.2, 0.25) is 10.0 Å². The fraction of sp³-hybridized carbons (Fsp3) is 0.273. The fourth-order valence-corrected chi connectivity index (χ4v) is 5.70. The molecule has 1 aromatic heterocycles. The molecule has 0 spiro atoms. The van der Waals surface area contributed by atoms with Gasteiger partial charge in [0, 0.05) is 41.5 Å². The van der Waals surface area contributed by atoms with Gasteiger partial charge in [-0.2, -0.15) is 4.31 Å². The number of hydrogen-bond donors (Lipinski definition) is 1. The Morgan fingerprint density at radius 3 is 2.40 bits per heavy atom. The number of carbonyl (C=O) groups is 1. The molecule has 3 aromatic rings. The summed E-state index contributed by atoms with van der Waals surface area (Å²) in [7, 11) is -3.60. The van der Waals surface area contributed by atoms with Crippen molar-refractivity contribution < 1.29 is 13.2 Å². The fourth-order valence-electron chi connectivity index (χ4n) is 3.49. The van der Waals surface area contributed by atoms with E-state index in [4.69, 9.17) is 0 Å². The first-order valence-electron chi connectivity index (χ1n) is 9.95. The first-order chi connectivity index (χ1) is 14.5. The van der Waals surface area contributed by atoms with Crippen LogP contribution >= 0.6 is 11.3 Å². The number of hydrogen-bond acceptors (Lipinski definition) is 5. The van der Waals surface area contributed by atoms with Crippen molar-refractivity contribution in [2.24, 2.45) is 0 Å². The molecule has 2 aromatic carbocycles. The second kappa shape index (κ2) is 9.07. The number of nitrogens with one attached hydrogen (secondary N) is 1. The Bertz CT molecular complexity index is 1100. The lowest BCUT2D eigenvalue weighted by Crippen LogP contribution is -2.32. The van der Waals surface area contributed by atoms with Crippen molar-refractivity contribution in [1.82, 2.24) is 9.29 Å². The summed E-state index contributed by atoms with van der Waals surface area (Å²) in [6.45, 7) is 1.06. The Morgan fingerprint density at radius 1 is 1.00 bits per heavy atom. The Hall–Kier alpha value is -2.55. The molecule has 1 N–H and O–H groups in total. The molecular weight excluding hydrogens is 418 g/mol. The van der Waals surface area contributed by atoms with E-state index in [9.17, 15) is 13.2 Å². The van der Waals surface area contributed by atoms with Gasteiger partial charge in [-0.1, -0.05) is 18.9 Å². The predicted molar refractivity (Wildman–Crippen MR) is 119 cm³/mol. The predicted octanol–water partition coefficient (Wildman–Crippen LogP) is 4.63. The number of sulfonamides is 1.